The number of benzene rings is 1. The molecule has 1 aliphatic rings. The smallest absolute Gasteiger partial charge is 0.252 e. The molecule has 3 heterocycles. The van der Waals surface area contributed by atoms with Gasteiger partial charge in [0, 0.05) is 20.0 Å². The van der Waals surface area contributed by atoms with Gasteiger partial charge in [-0.05, 0) is 37.7 Å². The van der Waals surface area contributed by atoms with Crippen molar-refractivity contribution in [3.8, 4) is 0 Å². The summed E-state index contributed by atoms with van der Waals surface area (Å²) in [6.45, 7) is 5.75. The van der Waals surface area contributed by atoms with Crippen molar-refractivity contribution in [2.45, 2.75) is 39.0 Å². The lowest BCUT2D eigenvalue weighted by Crippen LogP contribution is -2.26. The molecule has 5 nitrogen and oxygen atoms in total. The molecule has 0 bridgehead atoms. The van der Waals surface area contributed by atoms with E-state index in [1.54, 1.807) is 0 Å². The van der Waals surface area contributed by atoms with Crippen LogP contribution in [0.25, 0.3) is 11.2 Å². The second-order valence-corrected chi connectivity index (χ2v) is 6.51. The summed E-state index contributed by atoms with van der Waals surface area (Å²) in [6.07, 6.45) is 3.50. The van der Waals surface area contributed by atoms with Crippen LogP contribution in [0.3, 0.4) is 0 Å². The van der Waals surface area contributed by atoms with Gasteiger partial charge in [0.25, 0.3) is 5.71 Å². The molecule has 0 radical (unpaired) electrons. The van der Waals surface area contributed by atoms with E-state index in [4.69, 9.17) is 4.42 Å². The molecule has 1 aromatic carbocycles. The molecule has 1 saturated heterocycles. The predicted molar refractivity (Wildman–Crippen MR) is 94.3 cm³/mol. The van der Waals surface area contributed by atoms with Crippen LogP contribution in [-0.4, -0.2) is 28.0 Å². The van der Waals surface area contributed by atoms with E-state index in [0.717, 1.165) is 43.1 Å². The Morgan fingerprint density at radius 2 is 1.83 bits per heavy atom. The molecule has 24 heavy (non-hydrogen) atoms. The summed E-state index contributed by atoms with van der Waals surface area (Å²) in [5, 5.41) is 0. The Morgan fingerprint density at radius 3 is 2.67 bits per heavy atom. The fraction of sp³-hybridized carbons (Fsp3) is 0.421. The summed E-state index contributed by atoms with van der Waals surface area (Å²) >= 11 is 0. The van der Waals surface area contributed by atoms with Crippen molar-refractivity contribution < 1.29 is 4.42 Å². The van der Waals surface area contributed by atoms with E-state index in [9.17, 15) is 0 Å². The number of fused-ring (bicyclic) bond motifs is 1. The van der Waals surface area contributed by atoms with Crippen LogP contribution >= 0.6 is 0 Å². The quantitative estimate of drug-likeness (QED) is 0.713. The summed E-state index contributed by atoms with van der Waals surface area (Å²) in [5.41, 5.74) is 2.83. The fourth-order valence-corrected chi connectivity index (χ4v) is 3.60. The SMILES string of the molecule is Cc1nc(N2CCCC(c3ccccc3)CC2)c2nc(C)oc2n1. The molecule has 0 spiro atoms. The zero-order chi connectivity index (χ0) is 16.5. The van der Waals surface area contributed by atoms with Crippen LogP contribution in [0.2, 0.25) is 0 Å². The Balaban J connectivity index is 1.62. The van der Waals surface area contributed by atoms with Crippen LogP contribution in [0.5, 0.6) is 0 Å². The zero-order valence-corrected chi connectivity index (χ0v) is 14.2. The van der Waals surface area contributed by atoms with E-state index in [1.165, 1.54) is 12.0 Å². The van der Waals surface area contributed by atoms with Crippen LogP contribution in [0.15, 0.2) is 34.7 Å². The molecular formula is C19H22N4O. The van der Waals surface area contributed by atoms with Crippen LogP contribution < -0.4 is 4.90 Å². The average Bonchev–Trinajstić information content (AvgIpc) is 2.81. The first kappa shape index (κ1) is 15.1. The van der Waals surface area contributed by atoms with E-state index in [1.807, 2.05) is 13.8 Å². The van der Waals surface area contributed by atoms with Crippen molar-refractivity contribution in [3.63, 3.8) is 0 Å². The lowest BCUT2D eigenvalue weighted by Gasteiger charge is -2.22. The average molecular weight is 322 g/mol. The number of aromatic nitrogens is 3. The molecule has 1 unspecified atom stereocenters. The molecule has 3 aromatic rings. The topological polar surface area (TPSA) is 55.1 Å². The third-order valence-corrected chi connectivity index (χ3v) is 4.76. The highest BCUT2D eigenvalue weighted by molar-refractivity contribution is 5.82. The largest absolute Gasteiger partial charge is 0.422 e. The fourth-order valence-electron chi connectivity index (χ4n) is 3.60. The monoisotopic (exact) mass is 322 g/mol. The molecule has 2 aromatic heterocycles. The zero-order valence-electron chi connectivity index (χ0n) is 14.2. The first-order valence-electron chi connectivity index (χ1n) is 8.62. The van der Waals surface area contributed by atoms with Crippen molar-refractivity contribution in [1.29, 1.82) is 0 Å². The van der Waals surface area contributed by atoms with E-state index < -0.39 is 0 Å². The number of rotatable bonds is 2. The molecule has 5 heteroatoms. The number of hydrogen-bond donors (Lipinski definition) is 0. The van der Waals surface area contributed by atoms with Gasteiger partial charge >= 0.3 is 0 Å². The van der Waals surface area contributed by atoms with Gasteiger partial charge in [-0.25, -0.2) is 9.97 Å². The maximum absolute atomic E-state index is 5.61. The second-order valence-electron chi connectivity index (χ2n) is 6.51. The van der Waals surface area contributed by atoms with Gasteiger partial charge in [0.2, 0.25) is 0 Å². The summed E-state index contributed by atoms with van der Waals surface area (Å²) in [4.78, 5) is 15.9. The Hall–Kier alpha value is -2.43. The van der Waals surface area contributed by atoms with Crippen molar-refractivity contribution in [1.82, 2.24) is 15.0 Å². The van der Waals surface area contributed by atoms with Crippen molar-refractivity contribution in [2.24, 2.45) is 0 Å². The molecule has 0 amide bonds. The summed E-state index contributed by atoms with van der Waals surface area (Å²) < 4.78 is 5.61. The Kier molecular flexibility index (Phi) is 3.92. The molecule has 1 aliphatic heterocycles. The summed E-state index contributed by atoms with van der Waals surface area (Å²) in [7, 11) is 0. The Bertz CT molecular complexity index is 843. The number of oxazole rings is 1. The minimum absolute atomic E-state index is 0.596. The maximum atomic E-state index is 5.61. The molecule has 0 aliphatic carbocycles. The van der Waals surface area contributed by atoms with Crippen LogP contribution in [0.4, 0.5) is 5.82 Å². The minimum Gasteiger partial charge on any atom is -0.422 e. The molecule has 4 rings (SSSR count). The molecule has 1 fully saturated rings. The highest BCUT2D eigenvalue weighted by atomic mass is 16.4. The molecule has 0 saturated carbocycles. The van der Waals surface area contributed by atoms with Crippen molar-refractivity contribution in [3.05, 3.63) is 47.6 Å². The standard InChI is InChI=1S/C19H22N4O/c1-13-20-18(17-19(21-13)24-14(2)22-17)23-11-6-9-16(10-12-23)15-7-4-3-5-8-15/h3-5,7-8,16H,6,9-12H2,1-2H3. The highest BCUT2D eigenvalue weighted by Crippen LogP contribution is 2.31. The predicted octanol–water partition coefficient (Wildman–Crippen LogP) is 4.01. The first-order valence-corrected chi connectivity index (χ1v) is 8.62. The van der Waals surface area contributed by atoms with Crippen LogP contribution in [0.1, 0.15) is 42.5 Å². The molecule has 124 valence electrons. The van der Waals surface area contributed by atoms with E-state index in [2.05, 4.69) is 50.2 Å². The third kappa shape index (κ3) is 2.86. The molecule has 0 N–H and O–H groups in total. The van der Waals surface area contributed by atoms with Gasteiger partial charge in [0.15, 0.2) is 17.2 Å². The van der Waals surface area contributed by atoms with Gasteiger partial charge in [0.1, 0.15) is 5.82 Å². The van der Waals surface area contributed by atoms with Gasteiger partial charge in [-0.3, -0.25) is 0 Å². The lowest BCUT2D eigenvalue weighted by atomic mass is 9.92. The number of aryl methyl sites for hydroxylation is 2. The molecular weight excluding hydrogens is 300 g/mol. The normalized spacial score (nSPS) is 18.8. The van der Waals surface area contributed by atoms with Gasteiger partial charge in [-0.1, -0.05) is 30.3 Å². The number of nitrogens with zero attached hydrogens (tertiary/aromatic N) is 4. The van der Waals surface area contributed by atoms with Crippen LogP contribution in [-0.2, 0) is 0 Å². The van der Waals surface area contributed by atoms with Crippen LogP contribution in [0, 0.1) is 13.8 Å². The number of hydrogen-bond acceptors (Lipinski definition) is 5. The van der Waals surface area contributed by atoms with Gasteiger partial charge in [-0.15, -0.1) is 0 Å². The maximum Gasteiger partial charge on any atom is 0.252 e. The van der Waals surface area contributed by atoms with E-state index in [-0.39, 0.29) is 0 Å². The summed E-state index contributed by atoms with van der Waals surface area (Å²) in [6, 6.07) is 10.8. The van der Waals surface area contributed by atoms with Crippen molar-refractivity contribution in [2.75, 3.05) is 18.0 Å². The highest BCUT2D eigenvalue weighted by Gasteiger charge is 2.22. The van der Waals surface area contributed by atoms with E-state index in [0.29, 0.717) is 17.5 Å². The second kappa shape index (κ2) is 6.23. The van der Waals surface area contributed by atoms with Gasteiger partial charge in [-0.2, -0.15) is 4.98 Å². The Labute approximate surface area is 141 Å². The third-order valence-electron chi connectivity index (χ3n) is 4.76. The number of anilines is 1. The minimum atomic E-state index is 0.596. The van der Waals surface area contributed by atoms with Crippen molar-refractivity contribution >= 4 is 17.0 Å². The van der Waals surface area contributed by atoms with Gasteiger partial charge in [0.05, 0.1) is 0 Å². The van der Waals surface area contributed by atoms with E-state index >= 15 is 0 Å². The molecule has 1 atom stereocenters. The lowest BCUT2D eigenvalue weighted by molar-refractivity contribution is 0.550. The Morgan fingerprint density at radius 1 is 1.00 bits per heavy atom. The summed E-state index contributed by atoms with van der Waals surface area (Å²) in [5.74, 6) is 2.91. The first-order chi connectivity index (χ1) is 11.7. The van der Waals surface area contributed by atoms with Gasteiger partial charge < -0.3 is 9.32 Å².